The molecule has 112 valence electrons. The number of nitrogens with one attached hydrogen (secondary N) is 1. The second-order valence-electron chi connectivity index (χ2n) is 4.64. The zero-order valence-electron chi connectivity index (χ0n) is 11.4. The van der Waals surface area contributed by atoms with Crippen molar-refractivity contribution in [2.45, 2.75) is 24.4 Å². The Morgan fingerprint density at radius 3 is 2.62 bits per heavy atom. The third-order valence-electron chi connectivity index (χ3n) is 2.83. The minimum atomic E-state index is -3.58. The highest BCUT2D eigenvalue weighted by Gasteiger charge is 2.17. The number of aromatic nitrogens is 2. The van der Waals surface area contributed by atoms with Crippen molar-refractivity contribution < 1.29 is 8.42 Å². The largest absolute Gasteiger partial charge is 0.389 e. The standard InChI is InChI=1S/C13H16N4O2S2/c1-10(9-17-8-2-7-15-17)16-21(18,19)12-5-3-11(4-6-12)13(14)20/h2-8,10,16H,9H2,1H3,(H2,14,20). The molecule has 0 saturated heterocycles. The van der Waals surface area contributed by atoms with E-state index in [2.05, 4.69) is 9.82 Å². The van der Waals surface area contributed by atoms with Gasteiger partial charge in [0.2, 0.25) is 10.0 Å². The molecule has 1 heterocycles. The summed E-state index contributed by atoms with van der Waals surface area (Å²) in [5.74, 6) is 0. The summed E-state index contributed by atoms with van der Waals surface area (Å²) in [6.07, 6.45) is 3.43. The summed E-state index contributed by atoms with van der Waals surface area (Å²) in [6.45, 7) is 2.24. The minimum absolute atomic E-state index is 0.176. The van der Waals surface area contributed by atoms with Crippen molar-refractivity contribution in [1.29, 1.82) is 0 Å². The van der Waals surface area contributed by atoms with Crippen LogP contribution >= 0.6 is 12.2 Å². The van der Waals surface area contributed by atoms with Gasteiger partial charge >= 0.3 is 0 Å². The van der Waals surface area contributed by atoms with Crippen molar-refractivity contribution in [3.05, 3.63) is 48.3 Å². The second-order valence-corrected chi connectivity index (χ2v) is 6.79. The van der Waals surface area contributed by atoms with E-state index >= 15 is 0 Å². The fourth-order valence-corrected chi connectivity index (χ4v) is 3.23. The van der Waals surface area contributed by atoms with Gasteiger partial charge in [0.1, 0.15) is 4.99 Å². The van der Waals surface area contributed by atoms with Crippen LogP contribution in [-0.2, 0) is 16.6 Å². The van der Waals surface area contributed by atoms with E-state index in [0.717, 1.165) is 0 Å². The Kier molecular flexibility index (Phi) is 4.71. The highest BCUT2D eigenvalue weighted by molar-refractivity contribution is 7.89. The van der Waals surface area contributed by atoms with Crippen molar-refractivity contribution >= 4 is 27.2 Å². The number of nitrogens with zero attached hydrogens (tertiary/aromatic N) is 2. The number of benzene rings is 1. The van der Waals surface area contributed by atoms with Crippen molar-refractivity contribution in [3.8, 4) is 0 Å². The number of rotatable bonds is 6. The summed E-state index contributed by atoms with van der Waals surface area (Å²) >= 11 is 4.84. The highest BCUT2D eigenvalue weighted by Crippen LogP contribution is 2.11. The molecule has 1 aromatic heterocycles. The summed E-state index contributed by atoms with van der Waals surface area (Å²) in [6, 6.07) is 7.65. The molecule has 21 heavy (non-hydrogen) atoms. The Bertz CT molecular complexity index is 709. The predicted molar refractivity (Wildman–Crippen MR) is 84.3 cm³/mol. The molecule has 2 aromatic rings. The average Bonchev–Trinajstić information content (AvgIpc) is 2.90. The molecule has 0 fully saturated rings. The molecule has 0 radical (unpaired) electrons. The first-order valence-corrected chi connectivity index (χ1v) is 8.17. The van der Waals surface area contributed by atoms with Crippen LogP contribution in [0, 0.1) is 0 Å². The van der Waals surface area contributed by atoms with Crippen LogP contribution in [-0.4, -0.2) is 29.2 Å². The molecule has 0 aliphatic carbocycles. The van der Waals surface area contributed by atoms with E-state index in [1.807, 2.05) is 0 Å². The molecule has 1 aromatic carbocycles. The van der Waals surface area contributed by atoms with Crippen LogP contribution in [0.1, 0.15) is 12.5 Å². The van der Waals surface area contributed by atoms with E-state index in [1.165, 1.54) is 12.1 Å². The van der Waals surface area contributed by atoms with Gasteiger partial charge in [-0.1, -0.05) is 24.4 Å². The Morgan fingerprint density at radius 2 is 2.10 bits per heavy atom. The minimum Gasteiger partial charge on any atom is -0.389 e. The van der Waals surface area contributed by atoms with Crippen LogP contribution in [0.2, 0.25) is 0 Å². The lowest BCUT2D eigenvalue weighted by Crippen LogP contribution is -2.35. The summed E-state index contributed by atoms with van der Waals surface area (Å²) in [5.41, 5.74) is 6.12. The van der Waals surface area contributed by atoms with Gasteiger partial charge in [-0.15, -0.1) is 0 Å². The molecular weight excluding hydrogens is 308 g/mol. The molecule has 0 aliphatic rings. The van der Waals surface area contributed by atoms with Gasteiger partial charge in [-0.25, -0.2) is 13.1 Å². The van der Waals surface area contributed by atoms with E-state index < -0.39 is 10.0 Å². The van der Waals surface area contributed by atoms with E-state index in [1.54, 1.807) is 42.2 Å². The van der Waals surface area contributed by atoms with Crippen molar-refractivity contribution in [1.82, 2.24) is 14.5 Å². The zero-order chi connectivity index (χ0) is 15.5. The van der Waals surface area contributed by atoms with Crippen molar-refractivity contribution in [2.75, 3.05) is 0 Å². The van der Waals surface area contributed by atoms with E-state index in [-0.39, 0.29) is 15.9 Å². The first kappa shape index (κ1) is 15.6. The molecule has 0 amide bonds. The number of thiocarbonyl (C=S) groups is 1. The number of hydrogen-bond acceptors (Lipinski definition) is 4. The number of nitrogens with two attached hydrogens (primary N) is 1. The zero-order valence-corrected chi connectivity index (χ0v) is 13.1. The van der Waals surface area contributed by atoms with Gasteiger partial charge in [0.25, 0.3) is 0 Å². The third-order valence-corrected chi connectivity index (χ3v) is 4.67. The maximum atomic E-state index is 12.2. The average molecular weight is 324 g/mol. The Hall–Kier alpha value is -1.77. The third kappa shape index (κ3) is 4.10. The topological polar surface area (TPSA) is 90.0 Å². The first-order valence-electron chi connectivity index (χ1n) is 6.28. The molecule has 8 heteroatoms. The summed E-state index contributed by atoms with van der Waals surface area (Å²) in [4.78, 5) is 0.411. The summed E-state index contributed by atoms with van der Waals surface area (Å²) in [7, 11) is -3.58. The van der Waals surface area contributed by atoms with Gasteiger partial charge in [-0.05, 0) is 25.1 Å². The van der Waals surface area contributed by atoms with Gasteiger partial charge in [-0.2, -0.15) is 5.10 Å². The highest BCUT2D eigenvalue weighted by atomic mass is 32.2. The summed E-state index contributed by atoms with van der Waals surface area (Å²) in [5, 5.41) is 4.04. The van der Waals surface area contributed by atoms with Gasteiger partial charge < -0.3 is 5.73 Å². The van der Waals surface area contributed by atoms with Crippen LogP contribution in [0.4, 0.5) is 0 Å². The number of sulfonamides is 1. The fraction of sp³-hybridized carbons (Fsp3) is 0.231. The lowest BCUT2D eigenvalue weighted by Gasteiger charge is -2.14. The van der Waals surface area contributed by atoms with Crippen molar-refractivity contribution in [3.63, 3.8) is 0 Å². The van der Waals surface area contributed by atoms with Crippen LogP contribution in [0.5, 0.6) is 0 Å². The fourth-order valence-electron chi connectivity index (χ4n) is 1.86. The molecule has 0 bridgehead atoms. The van der Waals surface area contributed by atoms with E-state index in [0.29, 0.717) is 12.1 Å². The van der Waals surface area contributed by atoms with Crippen LogP contribution in [0.15, 0.2) is 47.6 Å². The lowest BCUT2D eigenvalue weighted by atomic mass is 10.2. The second kappa shape index (κ2) is 6.33. The molecule has 0 aliphatic heterocycles. The molecule has 3 N–H and O–H groups in total. The maximum absolute atomic E-state index is 12.2. The van der Waals surface area contributed by atoms with Crippen LogP contribution in [0.3, 0.4) is 0 Å². The normalized spacial score (nSPS) is 13.0. The Balaban J connectivity index is 2.08. The first-order chi connectivity index (χ1) is 9.88. The maximum Gasteiger partial charge on any atom is 0.240 e. The van der Waals surface area contributed by atoms with Gasteiger partial charge in [-0.3, -0.25) is 4.68 Å². The smallest absolute Gasteiger partial charge is 0.240 e. The molecule has 1 unspecified atom stereocenters. The number of hydrogen-bond donors (Lipinski definition) is 2. The molecular formula is C13H16N4O2S2. The van der Waals surface area contributed by atoms with Gasteiger partial charge in [0, 0.05) is 24.0 Å². The van der Waals surface area contributed by atoms with Gasteiger partial charge in [0.05, 0.1) is 11.4 Å². The quantitative estimate of drug-likeness (QED) is 0.770. The molecule has 6 nitrogen and oxygen atoms in total. The van der Waals surface area contributed by atoms with Crippen LogP contribution in [0.25, 0.3) is 0 Å². The lowest BCUT2D eigenvalue weighted by molar-refractivity contribution is 0.494. The molecule has 0 saturated carbocycles. The van der Waals surface area contributed by atoms with Gasteiger partial charge in [0.15, 0.2) is 0 Å². The Labute approximate surface area is 129 Å². The molecule has 0 spiro atoms. The van der Waals surface area contributed by atoms with E-state index in [4.69, 9.17) is 18.0 Å². The SMILES string of the molecule is CC(Cn1cccn1)NS(=O)(=O)c1ccc(C(N)=S)cc1. The predicted octanol–water partition coefficient (Wildman–Crippen LogP) is 0.884. The Morgan fingerprint density at radius 1 is 1.43 bits per heavy atom. The monoisotopic (exact) mass is 324 g/mol. The molecule has 2 rings (SSSR count). The van der Waals surface area contributed by atoms with E-state index in [9.17, 15) is 8.42 Å². The van der Waals surface area contributed by atoms with Crippen molar-refractivity contribution in [2.24, 2.45) is 5.73 Å². The summed E-state index contributed by atoms with van der Waals surface area (Å²) < 4.78 is 28.8. The van der Waals surface area contributed by atoms with Crippen LogP contribution < -0.4 is 10.5 Å². The molecule has 1 atom stereocenters.